The lowest BCUT2D eigenvalue weighted by atomic mass is 10.3. The molecule has 0 saturated carbocycles. The molecule has 0 radical (unpaired) electrons. The molecule has 1 amide bonds. The van der Waals surface area contributed by atoms with Gasteiger partial charge in [0.25, 0.3) is 5.91 Å². The van der Waals surface area contributed by atoms with Crippen molar-refractivity contribution in [2.24, 2.45) is 0 Å². The van der Waals surface area contributed by atoms with Crippen molar-refractivity contribution in [3.05, 3.63) is 5.82 Å². The van der Waals surface area contributed by atoms with Crippen LogP contribution in [-0.2, 0) is 11.2 Å². The quantitative estimate of drug-likeness (QED) is 0.608. The summed E-state index contributed by atoms with van der Waals surface area (Å²) in [5, 5.41) is 6.40. The topological polar surface area (TPSA) is 76.9 Å². The molecule has 1 aromatic heterocycles. The number of aryl methyl sites for hydroxylation is 1. The molecule has 0 saturated heterocycles. The SMILES string of the molecule is CCc1nc2n(n1)C(=O)CC(=O)N2. The Kier molecular flexibility index (Phi) is 1.61. The molecule has 0 fully saturated rings. The number of hydrogen-bond acceptors (Lipinski definition) is 4. The van der Waals surface area contributed by atoms with Gasteiger partial charge in [-0.25, -0.2) is 0 Å². The average molecular weight is 180 g/mol. The number of nitrogens with one attached hydrogen (secondary N) is 1. The normalized spacial score (nSPS) is 15.5. The van der Waals surface area contributed by atoms with Crippen molar-refractivity contribution in [2.75, 3.05) is 5.32 Å². The highest BCUT2D eigenvalue weighted by molar-refractivity contribution is 6.07. The van der Waals surface area contributed by atoms with E-state index in [1.165, 1.54) is 0 Å². The van der Waals surface area contributed by atoms with Crippen molar-refractivity contribution in [2.45, 2.75) is 19.8 Å². The number of nitrogens with zero attached hydrogens (tertiary/aromatic N) is 3. The van der Waals surface area contributed by atoms with E-state index in [0.29, 0.717) is 12.2 Å². The van der Waals surface area contributed by atoms with E-state index in [1.54, 1.807) is 0 Å². The van der Waals surface area contributed by atoms with Crippen LogP contribution in [-0.4, -0.2) is 26.6 Å². The fourth-order valence-corrected chi connectivity index (χ4v) is 1.14. The number of fused-ring (bicyclic) bond motifs is 1. The van der Waals surface area contributed by atoms with Crippen LogP contribution in [0.1, 0.15) is 24.0 Å². The van der Waals surface area contributed by atoms with Gasteiger partial charge >= 0.3 is 0 Å². The minimum atomic E-state index is -0.328. The zero-order chi connectivity index (χ0) is 9.42. The van der Waals surface area contributed by atoms with Crippen LogP contribution in [0.25, 0.3) is 0 Å². The number of anilines is 1. The molecule has 0 unspecified atom stereocenters. The molecule has 1 aromatic rings. The second kappa shape index (κ2) is 2.65. The fraction of sp³-hybridized carbons (Fsp3) is 0.429. The minimum Gasteiger partial charge on any atom is -0.294 e. The third-order valence-corrected chi connectivity index (χ3v) is 1.77. The van der Waals surface area contributed by atoms with Crippen LogP contribution in [0, 0.1) is 0 Å². The maximum Gasteiger partial charge on any atom is 0.259 e. The van der Waals surface area contributed by atoms with Crippen LogP contribution >= 0.6 is 0 Å². The number of amides is 1. The molecular formula is C7H8N4O2. The van der Waals surface area contributed by atoms with E-state index in [4.69, 9.17) is 0 Å². The van der Waals surface area contributed by atoms with Crippen LogP contribution in [0.4, 0.5) is 5.95 Å². The van der Waals surface area contributed by atoms with E-state index >= 15 is 0 Å². The zero-order valence-electron chi connectivity index (χ0n) is 7.07. The molecule has 6 nitrogen and oxygen atoms in total. The van der Waals surface area contributed by atoms with Gasteiger partial charge in [-0.15, -0.1) is 5.10 Å². The summed E-state index contributed by atoms with van der Waals surface area (Å²) in [6, 6.07) is 0. The zero-order valence-corrected chi connectivity index (χ0v) is 7.07. The maximum absolute atomic E-state index is 11.2. The van der Waals surface area contributed by atoms with E-state index in [9.17, 15) is 9.59 Å². The van der Waals surface area contributed by atoms with E-state index < -0.39 is 0 Å². The first kappa shape index (κ1) is 7.90. The Morgan fingerprint density at radius 3 is 3.00 bits per heavy atom. The number of carbonyl (C=O) groups excluding carboxylic acids is 2. The average Bonchev–Trinajstić information content (AvgIpc) is 2.47. The van der Waals surface area contributed by atoms with Gasteiger partial charge in [0.1, 0.15) is 6.42 Å². The first-order valence-electron chi connectivity index (χ1n) is 3.99. The lowest BCUT2D eigenvalue weighted by Crippen LogP contribution is -2.30. The van der Waals surface area contributed by atoms with E-state index in [2.05, 4.69) is 15.4 Å². The van der Waals surface area contributed by atoms with Crippen LogP contribution in [0.15, 0.2) is 0 Å². The predicted octanol–water partition coefficient (Wildman–Crippen LogP) is -0.177. The number of aromatic nitrogens is 3. The van der Waals surface area contributed by atoms with Gasteiger partial charge in [-0.05, 0) is 0 Å². The second-order valence-corrected chi connectivity index (χ2v) is 2.74. The van der Waals surface area contributed by atoms with Crippen molar-refractivity contribution >= 4 is 17.8 Å². The molecule has 2 rings (SSSR count). The Labute approximate surface area is 74.0 Å². The van der Waals surface area contributed by atoms with Gasteiger partial charge in [-0.2, -0.15) is 9.67 Å². The smallest absolute Gasteiger partial charge is 0.259 e. The molecule has 1 aliphatic rings. The number of hydrogen-bond donors (Lipinski definition) is 1. The van der Waals surface area contributed by atoms with Crippen molar-refractivity contribution in [3.8, 4) is 0 Å². The highest BCUT2D eigenvalue weighted by Crippen LogP contribution is 2.11. The number of carbonyl (C=O) groups is 2. The summed E-state index contributed by atoms with van der Waals surface area (Å²) in [5.74, 6) is 0.141. The molecule has 0 aliphatic carbocycles. The maximum atomic E-state index is 11.2. The van der Waals surface area contributed by atoms with Crippen LogP contribution < -0.4 is 5.32 Å². The van der Waals surface area contributed by atoms with Gasteiger partial charge in [-0.3, -0.25) is 14.9 Å². The van der Waals surface area contributed by atoms with Crippen LogP contribution in [0.3, 0.4) is 0 Å². The summed E-state index contributed by atoms with van der Waals surface area (Å²) in [6.45, 7) is 1.88. The van der Waals surface area contributed by atoms with Crippen LogP contribution in [0.2, 0.25) is 0 Å². The largest absolute Gasteiger partial charge is 0.294 e. The summed E-state index contributed by atoms with van der Waals surface area (Å²) in [5.41, 5.74) is 0. The predicted molar refractivity (Wildman–Crippen MR) is 43.3 cm³/mol. The van der Waals surface area contributed by atoms with Crippen molar-refractivity contribution < 1.29 is 9.59 Å². The fourth-order valence-electron chi connectivity index (χ4n) is 1.14. The molecule has 1 N–H and O–H groups in total. The first-order valence-corrected chi connectivity index (χ1v) is 3.99. The summed E-state index contributed by atoms with van der Waals surface area (Å²) < 4.78 is 1.14. The van der Waals surface area contributed by atoms with E-state index in [-0.39, 0.29) is 24.2 Å². The molecular weight excluding hydrogens is 172 g/mol. The van der Waals surface area contributed by atoms with E-state index in [0.717, 1.165) is 4.68 Å². The highest BCUT2D eigenvalue weighted by atomic mass is 16.2. The van der Waals surface area contributed by atoms with Crippen LogP contribution in [0.5, 0.6) is 0 Å². The molecule has 1 aliphatic heterocycles. The van der Waals surface area contributed by atoms with Crippen molar-refractivity contribution in [1.82, 2.24) is 14.8 Å². The highest BCUT2D eigenvalue weighted by Gasteiger charge is 2.24. The lowest BCUT2D eigenvalue weighted by Gasteiger charge is -2.09. The number of rotatable bonds is 1. The Balaban J connectivity index is 2.46. The summed E-state index contributed by atoms with van der Waals surface area (Å²) in [4.78, 5) is 26.1. The van der Waals surface area contributed by atoms with E-state index in [1.807, 2.05) is 6.92 Å². The Hall–Kier alpha value is -1.72. The molecule has 68 valence electrons. The Bertz CT molecular complexity index is 382. The molecule has 0 atom stereocenters. The van der Waals surface area contributed by atoms with Gasteiger partial charge < -0.3 is 0 Å². The molecule has 2 heterocycles. The van der Waals surface area contributed by atoms with Gasteiger partial charge in [0, 0.05) is 6.42 Å². The van der Waals surface area contributed by atoms with Crippen molar-refractivity contribution in [3.63, 3.8) is 0 Å². The Morgan fingerprint density at radius 2 is 2.31 bits per heavy atom. The lowest BCUT2D eigenvalue weighted by molar-refractivity contribution is -0.115. The van der Waals surface area contributed by atoms with Gasteiger partial charge in [0.2, 0.25) is 11.9 Å². The molecule has 0 spiro atoms. The monoisotopic (exact) mass is 180 g/mol. The summed E-state index contributed by atoms with van der Waals surface area (Å²) in [6.07, 6.45) is 0.489. The standard InChI is InChI=1S/C7H8N4O2/c1-2-4-8-7-9-5(12)3-6(13)11(7)10-4/h2-3H2,1H3,(H,8,9,10,12). The third-order valence-electron chi connectivity index (χ3n) is 1.77. The molecule has 0 bridgehead atoms. The molecule has 6 heteroatoms. The molecule has 0 aromatic carbocycles. The minimum absolute atomic E-state index is 0.153. The second-order valence-electron chi connectivity index (χ2n) is 2.74. The summed E-state index contributed by atoms with van der Waals surface area (Å²) >= 11 is 0. The summed E-state index contributed by atoms with van der Waals surface area (Å²) in [7, 11) is 0. The molecule has 13 heavy (non-hydrogen) atoms. The Morgan fingerprint density at radius 1 is 1.54 bits per heavy atom. The third kappa shape index (κ3) is 1.20. The first-order chi connectivity index (χ1) is 6.20. The van der Waals surface area contributed by atoms with Crippen molar-refractivity contribution in [1.29, 1.82) is 0 Å². The van der Waals surface area contributed by atoms with Gasteiger partial charge in [0.05, 0.1) is 0 Å². The van der Waals surface area contributed by atoms with Gasteiger partial charge in [0.15, 0.2) is 5.82 Å². The van der Waals surface area contributed by atoms with Gasteiger partial charge in [-0.1, -0.05) is 6.92 Å².